The molecule has 3 nitrogen and oxygen atoms in total. The van der Waals surface area contributed by atoms with Gasteiger partial charge in [-0.15, -0.1) is 0 Å². The normalized spacial score (nSPS) is 15.2. The number of nitrogens with one attached hydrogen (secondary N) is 1. The summed E-state index contributed by atoms with van der Waals surface area (Å²) in [6.45, 7) is 0.790. The molecule has 0 aliphatic carbocycles. The zero-order valence-electron chi connectivity index (χ0n) is 10.1. The van der Waals surface area contributed by atoms with Gasteiger partial charge >= 0.3 is 0 Å². The van der Waals surface area contributed by atoms with Crippen molar-refractivity contribution in [3.05, 3.63) is 51.9 Å². The fraction of sp³-hybridized carbons (Fsp3) is 0.286. The van der Waals surface area contributed by atoms with E-state index in [-0.39, 0.29) is 6.04 Å². The van der Waals surface area contributed by atoms with E-state index in [2.05, 4.69) is 39.4 Å². The molecule has 1 aromatic carbocycles. The summed E-state index contributed by atoms with van der Waals surface area (Å²) in [5.41, 5.74) is 3.62. The Morgan fingerprint density at radius 3 is 2.94 bits per heavy atom. The average Bonchev–Trinajstić information content (AvgIpc) is 2.99. The molecule has 0 bridgehead atoms. The molecule has 1 aliphatic heterocycles. The van der Waals surface area contributed by atoms with Crippen molar-refractivity contribution in [2.24, 2.45) is 0 Å². The van der Waals surface area contributed by atoms with E-state index >= 15 is 0 Å². The minimum atomic E-state index is 0.129. The van der Waals surface area contributed by atoms with Gasteiger partial charge in [-0.2, -0.15) is 0 Å². The Labute approximate surface area is 114 Å². The van der Waals surface area contributed by atoms with Gasteiger partial charge in [-0.3, -0.25) is 0 Å². The Hall–Kier alpha value is -1.26. The molecule has 1 aliphatic rings. The second-order valence-electron chi connectivity index (χ2n) is 4.34. The highest BCUT2D eigenvalue weighted by Crippen LogP contribution is 2.33. The summed E-state index contributed by atoms with van der Waals surface area (Å²) in [5.74, 6) is 1.01. The molecule has 94 valence electrons. The van der Waals surface area contributed by atoms with Crippen LogP contribution in [0.4, 0.5) is 0 Å². The van der Waals surface area contributed by atoms with Gasteiger partial charge in [0.25, 0.3) is 0 Å². The van der Waals surface area contributed by atoms with E-state index in [1.54, 1.807) is 6.26 Å². The van der Waals surface area contributed by atoms with E-state index < -0.39 is 0 Å². The van der Waals surface area contributed by atoms with Crippen LogP contribution in [0.15, 0.2) is 39.6 Å². The molecule has 0 saturated heterocycles. The summed E-state index contributed by atoms with van der Waals surface area (Å²) in [5, 5.41) is 3.32. The summed E-state index contributed by atoms with van der Waals surface area (Å²) in [4.78, 5) is 0. The molecule has 18 heavy (non-hydrogen) atoms. The predicted molar refractivity (Wildman–Crippen MR) is 73.0 cm³/mol. The number of ether oxygens (including phenoxy) is 1. The minimum absolute atomic E-state index is 0.129. The molecule has 3 rings (SSSR count). The number of rotatable bonds is 3. The molecule has 2 heterocycles. The Morgan fingerprint density at radius 1 is 1.33 bits per heavy atom. The molecular weight excluding hydrogens is 294 g/mol. The smallest absolute Gasteiger partial charge is 0.174 e. The highest BCUT2D eigenvalue weighted by Gasteiger charge is 2.20. The number of benzene rings is 1. The van der Waals surface area contributed by atoms with E-state index in [1.807, 2.05) is 13.1 Å². The van der Waals surface area contributed by atoms with Crippen LogP contribution >= 0.6 is 15.9 Å². The molecule has 1 atom stereocenters. The zero-order chi connectivity index (χ0) is 12.5. The van der Waals surface area contributed by atoms with Crippen LogP contribution in [0.25, 0.3) is 0 Å². The second-order valence-corrected chi connectivity index (χ2v) is 5.06. The second kappa shape index (κ2) is 4.78. The lowest BCUT2D eigenvalue weighted by atomic mass is 9.98. The van der Waals surface area contributed by atoms with Crippen LogP contribution in [-0.2, 0) is 6.42 Å². The number of halogens is 1. The molecule has 4 heteroatoms. The Balaban J connectivity index is 2.00. The SMILES string of the molecule is CNC(c1ccc2c(c1)CCO2)c1ccoc1Br. The van der Waals surface area contributed by atoms with Crippen molar-refractivity contribution < 1.29 is 9.15 Å². The van der Waals surface area contributed by atoms with Crippen LogP contribution in [-0.4, -0.2) is 13.7 Å². The molecule has 1 N–H and O–H groups in total. The van der Waals surface area contributed by atoms with E-state index in [1.165, 1.54) is 11.1 Å². The molecule has 1 unspecified atom stereocenters. The largest absolute Gasteiger partial charge is 0.493 e. The monoisotopic (exact) mass is 307 g/mol. The molecule has 0 amide bonds. The summed E-state index contributed by atoms with van der Waals surface area (Å²) in [6.07, 6.45) is 2.69. The number of hydrogen-bond donors (Lipinski definition) is 1. The zero-order valence-corrected chi connectivity index (χ0v) is 11.7. The van der Waals surface area contributed by atoms with Crippen molar-refractivity contribution in [2.45, 2.75) is 12.5 Å². The third-order valence-corrected chi connectivity index (χ3v) is 3.94. The number of hydrogen-bond acceptors (Lipinski definition) is 3. The Kier molecular flexibility index (Phi) is 3.14. The first-order valence-electron chi connectivity index (χ1n) is 5.95. The standard InChI is InChI=1S/C14H14BrNO2/c1-16-13(11-5-7-18-14(11)15)10-2-3-12-9(8-10)4-6-17-12/h2-3,5,7-8,13,16H,4,6H2,1H3. The van der Waals surface area contributed by atoms with Crippen molar-refractivity contribution >= 4 is 15.9 Å². The van der Waals surface area contributed by atoms with E-state index in [0.717, 1.165) is 29.0 Å². The first-order chi connectivity index (χ1) is 8.79. The van der Waals surface area contributed by atoms with Crippen LogP contribution in [0, 0.1) is 0 Å². The summed E-state index contributed by atoms with van der Waals surface area (Å²) in [7, 11) is 1.95. The average molecular weight is 308 g/mol. The molecule has 0 fully saturated rings. The molecule has 2 aromatic rings. The third-order valence-electron chi connectivity index (χ3n) is 3.29. The summed E-state index contributed by atoms with van der Waals surface area (Å²) >= 11 is 3.44. The maximum atomic E-state index is 5.53. The third kappa shape index (κ3) is 1.95. The topological polar surface area (TPSA) is 34.4 Å². The van der Waals surface area contributed by atoms with Gasteiger partial charge in [0.05, 0.1) is 18.9 Å². The van der Waals surface area contributed by atoms with E-state index in [9.17, 15) is 0 Å². The lowest BCUT2D eigenvalue weighted by Crippen LogP contribution is -2.17. The van der Waals surface area contributed by atoms with Crippen LogP contribution < -0.4 is 10.1 Å². The highest BCUT2D eigenvalue weighted by atomic mass is 79.9. The Bertz CT molecular complexity index is 565. The van der Waals surface area contributed by atoms with Crippen molar-refractivity contribution in [1.29, 1.82) is 0 Å². The van der Waals surface area contributed by atoms with Gasteiger partial charge in [0.1, 0.15) is 5.75 Å². The van der Waals surface area contributed by atoms with Crippen molar-refractivity contribution in [3.8, 4) is 5.75 Å². The van der Waals surface area contributed by atoms with Gasteiger partial charge in [0.2, 0.25) is 0 Å². The molecule has 0 spiro atoms. The number of fused-ring (bicyclic) bond motifs is 1. The molecule has 1 aromatic heterocycles. The van der Waals surface area contributed by atoms with E-state index in [4.69, 9.17) is 9.15 Å². The fourth-order valence-electron chi connectivity index (χ4n) is 2.40. The molecular formula is C14H14BrNO2. The Morgan fingerprint density at radius 2 is 2.22 bits per heavy atom. The van der Waals surface area contributed by atoms with Gasteiger partial charge in [0, 0.05) is 12.0 Å². The van der Waals surface area contributed by atoms with Crippen LogP contribution in [0.5, 0.6) is 5.75 Å². The molecule has 0 saturated carbocycles. The first-order valence-corrected chi connectivity index (χ1v) is 6.74. The van der Waals surface area contributed by atoms with Gasteiger partial charge in [0.15, 0.2) is 4.67 Å². The van der Waals surface area contributed by atoms with Crippen molar-refractivity contribution in [3.63, 3.8) is 0 Å². The van der Waals surface area contributed by atoms with Crippen LogP contribution in [0.1, 0.15) is 22.7 Å². The maximum absolute atomic E-state index is 5.53. The lowest BCUT2D eigenvalue weighted by molar-refractivity contribution is 0.357. The quantitative estimate of drug-likeness (QED) is 0.945. The van der Waals surface area contributed by atoms with Gasteiger partial charge in [-0.05, 0) is 46.2 Å². The van der Waals surface area contributed by atoms with Gasteiger partial charge in [-0.25, -0.2) is 0 Å². The lowest BCUT2D eigenvalue weighted by Gasteiger charge is -2.16. The predicted octanol–water partition coefficient (Wildman–Crippen LogP) is 3.29. The van der Waals surface area contributed by atoms with Crippen LogP contribution in [0.3, 0.4) is 0 Å². The van der Waals surface area contributed by atoms with E-state index in [0.29, 0.717) is 0 Å². The van der Waals surface area contributed by atoms with Crippen LogP contribution in [0.2, 0.25) is 0 Å². The minimum Gasteiger partial charge on any atom is -0.493 e. The van der Waals surface area contributed by atoms with Crippen molar-refractivity contribution in [1.82, 2.24) is 5.32 Å². The van der Waals surface area contributed by atoms with Gasteiger partial charge < -0.3 is 14.5 Å². The maximum Gasteiger partial charge on any atom is 0.174 e. The summed E-state index contributed by atoms with van der Waals surface area (Å²) < 4.78 is 11.6. The first kappa shape index (κ1) is 11.8. The molecule has 0 radical (unpaired) electrons. The summed E-state index contributed by atoms with van der Waals surface area (Å²) in [6, 6.07) is 8.47. The number of furan rings is 1. The van der Waals surface area contributed by atoms with Gasteiger partial charge in [-0.1, -0.05) is 12.1 Å². The fourth-order valence-corrected chi connectivity index (χ4v) is 2.87. The van der Waals surface area contributed by atoms with Crippen molar-refractivity contribution in [2.75, 3.05) is 13.7 Å². The highest BCUT2D eigenvalue weighted by molar-refractivity contribution is 9.10.